The summed E-state index contributed by atoms with van der Waals surface area (Å²) in [4.78, 5) is 11.2. The van der Waals surface area contributed by atoms with Crippen LogP contribution in [0.2, 0.25) is 0 Å². The molecule has 4 heteroatoms. The van der Waals surface area contributed by atoms with E-state index < -0.39 is 11.4 Å². The van der Waals surface area contributed by atoms with Gasteiger partial charge < -0.3 is 15.9 Å². The Morgan fingerprint density at radius 3 is 2.60 bits per heavy atom. The van der Waals surface area contributed by atoms with Gasteiger partial charge in [0, 0.05) is 6.04 Å². The van der Waals surface area contributed by atoms with Crippen LogP contribution in [-0.2, 0) is 10.2 Å². The molecule has 0 amide bonds. The Bertz CT molecular complexity index is 397. The van der Waals surface area contributed by atoms with E-state index in [2.05, 4.69) is 0 Å². The highest BCUT2D eigenvalue weighted by Gasteiger charge is 2.50. The first-order chi connectivity index (χ1) is 7.04. The van der Waals surface area contributed by atoms with Crippen molar-refractivity contribution in [2.45, 2.75) is 24.3 Å². The Balaban J connectivity index is 2.39. The second-order valence-corrected chi connectivity index (χ2v) is 4.11. The third-order valence-electron chi connectivity index (χ3n) is 3.03. The van der Waals surface area contributed by atoms with Crippen molar-refractivity contribution < 1.29 is 15.0 Å². The van der Waals surface area contributed by atoms with Crippen LogP contribution in [0.1, 0.15) is 18.4 Å². The molecule has 0 bridgehead atoms. The summed E-state index contributed by atoms with van der Waals surface area (Å²) in [5, 5.41) is 18.5. The van der Waals surface area contributed by atoms with Crippen LogP contribution in [-0.4, -0.2) is 22.2 Å². The number of hydrogen-bond acceptors (Lipinski definition) is 3. The van der Waals surface area contributed by atoms with E-state index in [1.54, 1.807) is 12.1 Å². The number of aromatic hydroxyl groups is 1. The lowest BCUT2D eigenvalue weighted by atomic mass is 9.62. The first-order valence-corrected chi connectivity index (χ1v) is 4.83. The molecule has 80 valence electrons. The fourth-order valence-electron chi connectivity index (χ4n) is 2.17. The number of aliphatic carboxylic acids is 1. The largest absolute Gasteiger partial charge is 0.508 e. The minimum absolute atomic E-state index is 0.0524. The predicted molar refractivity (Wildman–Crippen MR) is 54.6 cm³/mol. The van der Waals surface area contributed by atoms with E-state index in [-0.39, 0.29) is 11.8 Å². The predicted octanol–water partition coefficient (Wildman–Crippen LogP) is 0.836. The summed E-state index contributed by atoms with van der Waals surface area (Å²) >= 11 is 0. The molecule has 0 radical (unpaired) electrons. The van der Waals surface area contributed by atoms with E-state index in [4.69, 9.17) is 5.73 Å². The molecule has 15 heavy (non-hydrogen) atoms. The summed E-state index contributed by atoms with van der Waals surface area (Å²) in [6.45, 7) is 0. The monoisotopic (exact) mass is 207 g/mol. The molecule has 1 saturated carbocycles. The van der Waals surface area contributed by atoms with Gasteiger partial charge in [0.25, 0.3) is 0 Å². The number of nitrogens with two attached hydrogens (primary N) is 1. The highest BCUT2D eigenvalue weighted by atomic mass is 16.4. The summed E-state index contributed by atoms with van der Waals surface area (Å²) < 4.78 is 0. The highest BCUT2D eigenvalue weighted by Crippen LogP contribution is 2.43. The molecule has 0 atom stereocenters. The molecule has 0 unspecified atom stereocenters. The van der Waals surface area contributed by atoms with Gasteiger partial charge in [-0.2, -0.15) is 0 Å². The summed E-state index contributed by atoms with van der Waals surface area (Å²) in [5.74, 6) is -0.775. The average Bonchev–Trinajstić information content (AvgIpc) is 2.12. The lowest BCUT2D eigenvalue weighted by Gasteiger charge is -2.42. The average molecular weight is 207 g/mol. The number of carboxylic acid groups (broad SMARTS) is 1. The quantitative estimate of drug-likeness (QED) is 0.670. The van der Waals surface area contributed by atoms with E-state index in [1.165, 1.54) is 12.1 Å². The minimum atomic E-state index is -0.891. The standard InChI is InChI=1S/C11H13NO3/c12-8-5-11(6-8,10(14)15)7-2-1-3-9(13)4-7/h1-4,8,13H,5-6,12H2,(H,14,15). The SMILES string of the molecule is NC1CC(C(=O)O)(c2cccc(O)c2)C1. The van der Waals surface area contributed by atoms with E-state index in [0.717, 1.165) is 0 Å². The highest BCUT2D eigenvalue weighted by molar-refractivity contribution is 5.83. The third kappa shape index (κ3) is 1.47. The Morgan fingerprint density at radius 2 is 2.13 bits per heavy atom. The topological polar surface area (TPSA) is 83.6 Å². The number of phenols is 1. The smallest absolute Gasteiger partial charge is 0.314 e. The van der Waals surface area contributed by atoms with Crippen LogP contribution >= 0.6 is 0 Å². The maximum atomic E-state index is 11.2. The molecule has 4 N–H and O–H groups in total. The summed E-state index contributed by atoms with van der Waals surface area (Å²) in [6.07, 6.45) is 0.873. The van der Waals surface area contributed by atoms with Gasteiger partial charge in [0.2, 0.25) is 0 Å². The van der Waals surface area contributed by atoms with Gasteiger partial charge in [-0.05, 0) is 30.5 Å². The molecule has 0 heterocycles. The number of benzene rings is 1. The number of phenolic OH excluding ortho intramolecular Hbond substituents is 1. The fraction of sp³-hybridized carbons (Fsp3) is 0.364. The number of rotatable bonds is 2. The molecule has 1 aromatic rings. The van der Waals surface area contributed by atoms with Gasteiger partial charge in [0.15, 0.2) is 0 Å². The molecule has 1 aliphatic rings. The maximum Gasteiger partial charge on any atom is 0.314 e. The molecule has 1 aliphatic carbocycles. The Morgan fingerprint density at radius 1 is 1.47 bits per heavy atom. The van der Waals surface area contributed by atoms with Crippen molar-refractivity contribution >= 4 is 5.97 Å². The first-order valence-electron chi connectivity index (χ1n) is 4.83. The Hall–Kier alpha value is -1.55. The lowest BCUT2D eigenvalue weighted by Crippen LogP contribution is -2.54. The van der Waals surface area contributed by atoms with Crippen molar-refractivity contribution in [3.63, 3.8) is 0 Å². The van der Waals surface area contributed by atoms with E-state index in [1.807, 2.05) is 0 Å². The van der Waals surface area contributed by atoms with Crippen LogP contribution in [0.15, 0.2) is 24.3 Å². The molecule has 0 spiro atoms. The molecule has 2 rings (SSSR count). The fourth-order valence-corrected chi connectivity index (χ4v) is 2.17. The van der Waals surface area contributed by atoms with Crippen LogP contribution in [0.25, 0.3) is 0 Å². The molecule has 0 aliphatic heterocycles. The van der Waals surface area contributed by atoms with E-state index in [0.29, 0.717) is 18.4 Å². The lowest BCUT2D eigenvalue weighted by molar-refractivity contribution is -0.148. The van der Waals surface area contributed by atoms with Crippen molar-refractivity contribution in [3.05, 3.63) is 29.8 Å². The van der Waals surface area contributed by atoms with Crippen LogP contribution in [0.5, 0.6) is 5.75 Å². The number of carbonyl (C=O) groups is 1. The van der Waals surface area contributed by atoms with Crippen LogP contribution in [0.3, 0.4) is 0 Å². The molecule has 0 aromatic heterocycles. The Kier molecular flexibility index (Phi) is 2.16. The van der Waals surface area contributed by atoms with Gasteiger partial charge in [-0.3, -0.25) is 4.79 Å². The molecular formula is C11H13NO3. The van der Waals surface area contributed by atoms with Crippen molar-refractivity contribution in [1.29, 1.82) is 0 Å². The van der Waals surface area contributed by atoms with Crippen molar-refractivity contribution in [2.75, 3.05) is 0 Å². The molecular weight excluding hydrogens is 194 g/mol. The van der Waals surface area contributed by atoms with Gasteiger partial charge in [0.05, 0.1) is 5.41 Å². The van der Waals surface area contributed by atoms with Crippen LogP contribution in [0, 0.1) is 0 Å². The van der Waals surface area contributed by atoms with Gasteiger partial charge in [0.1, 0.15) is 5.75 Å². The Labute approximate surface area is 87.3 Å². The molecule has 0 saturated heterocycles. The van der Waals surface area contributed by atoms with Crippen molar-refractivity contribution in [3.8, 4) is 5.75 Å². The van der Waals surface area contributed by atoms with Gasteiger partial charge in [-0.25, -0.2) is 0 Å². The normalized spacial score (nSPS) is 29.5. The van der Waals surface area contributed by atoms with Crippen LogP contribution in [0.4, 0.5) is 0 Å². The molecule has 1 fully saturated rings. The zero-order chi connectivity index (χ0) is 11.1. The summed E-state index contributed by atoms with van der Waals surface area (Å²) in [5.41, 5.74) is 5.39. The molecule has 1 aromatic carbocycles. The van der Waals surface area contributed by atoms with E-state index in [9.17, 15) is 15.0 Å². The van der Waals surface area contributed by atoms with Gasteiger partial charge in [-0.1, -0.05) is 12.1 Å². The zero-order valence-corrected chi connectivity index (χ0v) is 8.18. The van der Waals surface area contributed by atoms with Crippen molar-refractivity contribution in [1.82, 2.24) is 0 Å². The first kappa shape index (κ1) is 9.98. The minimum Gasteiger partial charge on any atom is -0.508 e. The van der Waals surface area contributed by atoms with Crippen molar-refractivity contribution in [2.24, 2.45) is 5.73 Å². The van der Waals surface area contributed by atoms with E-state index >= 15 is 0 Å². The van der Waals surface area contributed by atoms with Crippen LogP contribution < -0.4 is 5.73 Å². The number of hydrogen-bond donors (Lipinski definition) is 3. The maximum absolute atomic E-state index is 11.2. The summed E-state index contributed by atoms with van der Waals surface area (Å²) in [7, 11) is 0. The molecule has 4 nitrogen and oxygen atoms in total. The summed E-state index contributed by atoms with van der Waals surface area (Å²) in [6, 6.07) is 6.35. The number of carboxylic acids is 1. The second-order valence-electron chi connectivity index (χ2n) is 4.11. The third-order valence-corrected chi connectivity index (χ3v) is 3.03. The van der Waals surface area contributed by atoms with Gasteiger partial charge in [-0.15, -0.1) is 0 Å². The zero-order valence-electron chi connectivity index (χ0n) is 8.18. The van der Waals surface area contributed by atoms with Gasteiger partial charge >= 0.3 is 5.97 Å². The second kappa shape index (κ2) is 3.24.